The van der Waals surface area contributed by atoms with Gasteiger partial charge in [0.05, 0.1) is 5.75 Å². The predicted molar refractivity (Wildman–Crippen MR) is 51.5 cm³/mol. The van der Waals surface area contributed by atoms with E-state index < -0.39 is 58.1 Å². The molecule has 0 aromatic rings. The third-order valence-corrected chi connectivity index (χ3v) is 3.71. The first-order valence-corrected chi connectivity index (χ1v) is 6.97. The van der Waals surface area contributed by atoms with Crippen LogP contribution in [-0.2, 0) is 10.1 Å². The van der Waals surface area contributed by atoms with Crippen LogP contribution < -0.4 is 0 Å². The first kappa shape index (κ1) is 24.0. The highest BCUT2D eigenvalue weighted by atomic mass is 32.2. The van der Waals surface area contributed by atoms with E-state index in [9.17, 15) is 65.5 Å². The van der Waals surface area contributed by atoms with Crippen LogP contribution in [-0.4, -0.2) is 49.1 Å². The molecule has 3 nitrogen and oxygen atoms in total. The van der Waals surface area contributed by atoms with Gasteiger partial charge < -0.3 is 0 Å². The van der Waals surface area contributed by atoms with Crippen LogP contribution in [0.1, 0.15) is 6.42 Å². The van der Waals surface area contributed by atoms with Crippen molar-refractivity contribution in [1.29, 1.82) is 0 Å². The summed E-state index contributed by atoms with van der Waals surface area (Å²) in [5.74, 6) is -18.6. The van der Waals surface area contributed by atoms with Crippen molar-refractivity contribution >= 4 is 10.1 Å². The van der Waals surface area contributed by atoms with E-state index in [-0.39, 0.29) is 0 Å². The first-order chi connectivity index (χ1) is 10.5. The van der Waals surface area contributed by atoms with Crippen molar-refractivity contribution < 1.29 is 70.0 Å². The summed E-state index contributed by atoms with van der Waals surface area (Å²) in [6.45, 7) is 0. The summed E-state index contributed by atoms with van der Waals surface area (Å²) in [6, 6.07) is 0. The van der Waals surface area contributed by atoms with Crippen molar-refractivity contribution in [3.8, 4) is 0 Å². The summed E-state index contributed by atoms with van der Waals surface area (Å²) in [7, 11) is -5.88. The van der Waals surface area contributed by atoms with Crippen LogP contribution in [0.15, 0.2) is 0 Å². The monoisotopic (exact) mass is 428 g/mol. The number of hydrogen-bond donors (Lipinski definition) is 1. The Balaban J connectivity index is 6.88. The van der Waals surface area contributed by atoms with E-state index in [2.05, 4.69) is 0 Å². The third kappa shape index (κ3) is 3.90. The summed E-state index contributed by atoms with van der Waals surface area (Å²) < 4.78 is 193. The summed E-state index contributed by atoms with van der Waals surface area (Å²) in [6.07, 6.45) is -26.1. The maximum absolute atomic E-state index is 13.4. The van der Waals surface area contributed by atoms with Crippen molar-refractivity contribution in [3.05, 3.63) is 0 Å². The molecule has 17 heteroatoms. The Bertz CT molecular complexity index is 568. The van der Waals surface area contributed by atoms with Crippen LogP contribution in [0.3, 0.4) is 0 Å². The third-order valence-electron chi connectivity index (χ3n) is 2.99. The van der Waals surface area contributed by atoms with Crippen LogP contribution in [0, 0.1) is 5.41 Å². The normalized spacial score (nSPS) is 16.2. The molecule has 0 amide bonds. The minimum atomic E-state index is -7.90. The Morgan fingerprint density at radius 3 is 1.12 bits per heavy atom. The molecule has 0 aliphatic carbocycles. The molecule has 0 spiro atoms. The molecule has 0 fully saturated rings. The van der Waals surface area contributed by atoms with E-state index in [1.807, 2.05) is 0 Å². The van der Waals surface area contributed by atoms with Gasteiger partial charge in [-0.25, -0.2) is 0 Å². The zero-order chi connectivity index (χ0) is 20.9. The standard InChI is InChI=1S/C8H5F13O3S/c9-4(10,5(11,12)8(19,20)21)3(6(13,14)15,7(16,17)18)1-2-25(22,23)24/h1-2H2,(H,22,23,24). The second-order valence-corrected chi connectivity index (χ2v) is 6.16. The lowest BCUT2D eigenvalue weighted by Gasteiger charge is -2.45. The molecule has 0 aliphatic heterocycles. The molecule has 0 bridgehead atoms. The molecule has 0 aliphatic rings. The fraction of sp³-hybridized carbons (Fsp3) is 1.00. The van der Waals surface area contributed by atoms with E-state index in [4.69, 9.17) is 4.55 Å². The van der Waals surface area contributed by atoms with Gasteiger partial charge in [-0.1, -0.05) is 0 Å². The number of rotatable bonds is 5. The summed E-state index contributed by atoms with van der Waals surface area (Å²) >= 11 is 0. The molecule has 0 aromatic carbocycles. The largest absolute Gasteiger partial charge is 0.459 e. The highest BCUT2D eigenvalue weighted by molar-refractivity contribution is 7.85. The zero-order valence-electron chi connectivity index (χ0n) is 11.0. The molecule has 152 valence electrons. The fourth-order valence-corrected chi connectivity index (χ4v) is 2.25. The molecular formula is C8H5F13O3S. The van der Waals surface area contributed by atoms with Crippen molar-refractivity contribution in [1.82, 2.24) is 0 Å². The fourth-order valence-electron chi connectivity index (χ4n) is 1.69. The second kappa shape index (κ2) is 6.02. The summed E-state index contributed by atoms with van der Waals surface area (Å²) in [5, 5.41) is 0. The van der Waals surface area contributed by atoms with Gasteiger partial charge in [0.1, 0.15) is 0 Å². The van der Waals surface area contributed by atoms with Gasteiger partial charge in [0.2, 0.25) is 5.41 Å². The molecule has 0 rings (SSSR count). The first-order valence-electron chi connectivity index (χ1n) is 5.36. The summed E-state index contributed by atoms with van der Waals surface area (Å²) in [5.41, 5.74) is -7.12. The van der Waals surface area contributed by atoms with Crippen LogP contribution in [0.5, 0.6) is 0 Å². The van der Waals surface area contributed by atoms with E-state index in [0.29, 0.717) is 0 Å². The molecule has 0 radical (unpaired) electrons. The lowest BCUT2D eigenvalue weighted by atomic mass is 9.74. The smallest absolute Gasteiger partial charge is 0.286 e. The predicted octanol–water partition coefficient (Wildman–Crippen LogP) is 4.21. The van der Waals surface area contributed by atoms with E-state index in [1.54, 1.807) is 0 Å². The van der Waals surface area contributed by atoms with Gasteiger partial charge in [-0.3, -0.25) is 4.55 Å². The van der Waals surface area contributed by atoms with Gasteiger partial charge in [-0.15, -0.1) is 0 Å². The minimum absolute atomic E-state index is 2.82. The van der Waals surface area contributed by atoms with Gasteiger partial charge >= 0.3 is 30.4 Å². The van der Waals surface area contributed by atoms with Crippen molar-refractivity contribution in [2.75, 3.05) is 5.75 Å². The maximum atomic E-state index is 13.4. The Hall–Kier alpha value is -1.00. The van der Waals surface area contributed by atoms with Gasteiger partial charge in [0, 0.05) is 0 Å². The van der Waals surface area contributed by atoms with Gasteiger partial charge in [-0.2, -0.15) is 65.5 Å². The number of halogens is 13. The Kier molecular flexibility index (Phi) is 5.78. The molecular weight excluding hydrogens is 423 g/mol. The highest BCUT2D eigenvalue weighted by Crippen LogP contribution is 2.66. The number of alkyl halides is 13. The molecule has 0 unspecified atom stereocenters. The molecule has 0 saturated heterocycles. The SMILES string of the molecule is O=S(=O)(O)CCC(C(F)(F)F)(C(F)(F)F)C(F)(F)C(F)(F)C(F)(F)F. The van der Waals surface area contributed by atoms with Crippen LogP contribution in [0.25, 0.3) is 0 Å². The maximum Gasteiger partial charge on any atom is 0.459 e. The lowest BCUT2D eigenvalue weighted by molar-refractivity contribution is -0.460. The van der Waals surface area contributed by atoms with Gasteiger partial charge in [-0.05, 0) is 6.42 Å². The Morgan fingerprint density at radius 1 is 0.600 bits per heavy atom. The van der Waals surface area contributed by atoms with Gasteiger partial charge in [0.15, 0.2) is 0 Å². The van der Waals surface area contributed by atoms with Gasteiger partial charge in [0.25, 0.3) is 10.1 Å². The van der Waals surface area contributed by atoms with Crippen LogP contribution >= 0.6 is 0 Å². The van der Waals surface area contributed by atoms with Crippen molar-refractivity contribution in [3.63, 3.8) is 0 Å². The quantitative estimate of drug-likeness (QED) is 0.528. The molecule has 25 heavy (non-hydrogen) atoms. The van der Waals surface area contributed by atoms with E-state index in [0.717, 1.165) is 0 Å². The molecule has 0 atom stereocenters. The van der Waals surface area contributed by atoms with Crippen molar-refractivity contribution in [2.24, 2.45) is 5.41 Å². The van der Waals surface area contributed by atoms with E-state index in [1.165, 1.54) is 0 Å². The number of hydrogen-bond acceptors (Lipinski definition) is 2. The highest BCUT2D eigenvalue weighted by Gasteiger charge is 2.91. The van der Waals surface area contributed by atoms with Crippen molar-refractivity contribution in [2.45, 2.75) is 36.8 Å². The molecule has 1 N–H and O–H groups in total. The van der Waals surface area contributed by atoms with Crippen LogP contribution in [0.2, 0.25) is 0 Å². The molecule has 0 saturated carbocycles. The van der Waals surface area contributed by atoms with E-state index >= 15 is 0 Å². The molecule has 0 heterocycles. The zero-order valence-corrected chi connectivity index (χ0v) is 11.8. The Morgan fingerprint density at radius 2 is 0.920 bits per heavy atom. The lowest BCUT2D eigenvalue weighted by Crippen LogP contribution is -2.70. The average Bonchev–Trinajstić information content (AvgIpc) is 2.21. The van der Waals surface area contributed by atoms with Crippen LogP contribution in [0.4, 0.5) is 57.1 Å². The average molecular weight is 428 g/mol. The molecule has 0 aromatic heterocycles. The minimum Gasteiger partial charge on any atom is -0.286 e. The summed E-state index contributed by atoms with van der Waals surface area (Å²) in [4.78, 5) is 0. The second-order valence-electron chi connectivity index (χ2n) is 4.58. The topological polar surface area (TPSA) is 54.4 Å². The Labute approximate surface area is 129 Å².